The molecule has 0 aliphatic carbocycles. The van der Waals surface area contributed by atoms with Gasteiger partial charge in [-0.05, 0) is 30.5 Å². The number of benzene rings is 1. The van der Waals surface area contributed by atoms with Gasteiger partial charge in [-0.15, -0.1) is 0 Å². The van der Waals surface area contributed by atoms with Crippen LogP contribution in [-0.2, 0) is 4.79 Å². The maximum absolute atomic E-state index is 12.0. The van der Waals surface area contributed by atoms with Crippen LogP contribution in [0.5, 0.6) is 5.75 Å². The van der Waals surface area contributed by atoms with Crippen LogP contribution < -0.4 is 9.64 Å². The molecule has 1 fully saturated rings. The van der Waals surface area contributed by atoms with Crippen molar-refractivity contribution < 1.29 is 9.53 Å². The van der Waals surface area contributed by atoms with Crippen LogP contribution in [0.25, 0.3) is 0 Å². The largest absolute Gasteiger partial charge is 0.495 e. The molecule has 2 rings (SSSR count). The third-order valence-electron chi connectivity index (χ3n) is 3.18. The lowest BCUT2D eigenvalue weighted by molar-refractivity contribution is -0.117. The Balaban J connectivity index is 2.34. The number of halogens is 2. The third kappa shape index (κ3) is 2.50. The third-order valence-corrected chi connectivity index (χ3v) is 4.40. The van der Waals surface area contributed by atoms with E-state index in [1.807, 2.05) is 24.0 Å². The summed E-state index contributed by atoms with van der Waals surface area (Å²) in [5.74, 6) is 1.17. The van der Waals surface area contributed by atoms with Crippen LogP contribution in [0.1, 0.15) is 12.0 Å². The molecular weight excluding hydrogens is 318 g/mol. The SMILES string of the molecule is COc1cc(C)c(N2CC(CBr)CC2=O)cc1Cl. The van der Waals surface area contributed by atoms with E-state index in [-0.39, 0.29) is 5.91 Å². The van der Waals surface area contributed by atoms with E-state index in [4.69, 9.17) is 16.3 Å². The zero-order valence-electron chi connectivity index (χ0n) is 10.4. The minimum absolute atomic E-state index is 0.156. The van der Waals surface area contributed by atoms with Crippen LogP contribution in [0.15, 0.2) is 12.1 Å². The zero-order valence-corrected chi connectivity index (χ0v) is 12.7. The first-order valence-corrected chi connectivity index (χ1v) is 7.27. The number of alkyl halides is 1. The topological polar surface area (TPSA) is 29.5 Å². The summed E-state index contributed by atoms with van der Waals surface area (Å²) < 4.78 is 5.17. The number of nitrogens with zero attached hydrogens (tertiary/aromatic N) is 1. The second-order valence-electron chi connectivity index (χ2n) is 4.50. The monoisotopic (exact) mass is 331 g/mol. The van der Waals surface area contributed by atoms with Crippen LogP contribution in [0.3, 0.4) is 0 Å². The van der Waals surface area contributed by atoms with Crippen LogP contribution >= 0.6 is 27.5 Å². The van der Waals surface area contributed by atoms with Gasteiger partial charge in [0.2, 0.25) is 5.91 Å². The number of rotatable bonds is 3. The number of methoxy groups -OCH3 is 1. The Labute approximate surface area is 120 Å². The molecule has 0 N–H and O–H groups in total. The normalized spacial score (nSPS) is 19.4. The molecule has 5 heteroatoms. The van der Waals surface area contributed by atoms with Crippen LogP contribution in [-0.4, -0.2) is 24.9 Å². The van der Waals surface area contributed by atoms with Gasteiger partial charge in [-0.2, -0.15) is 0 Å². The standard InChI is InChI=1S/C13H15BrClNO2/c1-8-3-12(18-2)10(15)5-11(8)16-7-9(6-14)4-13(16)17/h3,5,9H,4,6-7H2,1-2H3. The van der Waals surface area contributed by atoms with E-state index in [1.54, 1.807) is 7.11 Å². The second-order valence-corrected chi connectivity index (χ2v) is 5.56. The summed E-state index contributed by atoms with van der Waals surface area (Å²) in [6.07, 6.45) is 0.592. The van der Waals surface area contributed by atoms with Crippen molar-refractivity contribution in [1.82, 2.24) is 0 Å². The Hall–Kier alpha value is -0.740. The van der Waals surface area contributed by atoms with Crippen LogP contribution in [0.4, 0.5) is 5.69 Å². The number of hydrogen-bond donors (Lipinski definition) is 0. The predicted octanol–water partition coefficient (Wildman–Crippen LogP) is 3.40. The summed E-state index contributed by atoms with van der Waals surface area (Å²) in [5.41, 5.74) is 1.88. The summed E-state index contributed by atoms with van der Waals surface area (Å²) in [5, 5.41) is 1.38. The molecule has 1 atom stereocenters. The molecule has 1 unspecified atom stereocenters. The Morgan fingerprint density at radius 3 is 2.83 bits per heavy atom. The lowest BCUT2D eigenvalue weighted by Crippen LogP contribution is -2.25. The number of ether oxygens (including phenoxy) is 1. The maximum Gasteiger partial charge on any atom is 0.227 e. The van der Waals surface area contributed by atoms with E-state index in [9.17, 15) is 4.79 Å². The van der Waals surface area contributed by atoms with Crippen LogP contribution in [0, 0.1) is 12.8 Å². The first-order chi connectivity index (χ1) is 8.56. The van der Waals surface area contributed by atoms with Gasteiger partial charge in [0.25, 0.3) is 0 Å². The van der Waals surface area contributed by atoms with Gasteiger partial charge in [-0.3, -0.25) is 4.79 Å². The van der Waals surface area contributed by atoms with Crippen molar-refractivity contribution in [3.63, 3.8) is 0 Å². The van der Waals surface area contributed by atoms with Gasteiger partial charge < -0.3 is 9.64 Å². The highest BCUT2D eigenvalue weighted by molar-refractivity contribution is 9.09. The van der Waals surface area contributed by atoms with Crippen molar-refractivity contribution in [2.45, 2.75) is 13.3 Å². The Morgan fingerprint density at radius 1 is 1.56 bits per heavy atom. The van der Waals surface area contributed by atoms with E-state index >= 15 is 0 Å². The highest BCUT2D eigenvalue weighted by atomic mass is 79.9. The highest BCUT2D eigenvalue weighted by Crippen LogP contribution is 2.35. The van der Waals surface area contributed by atoms with E-state index in [2.05, 4.69) is 15.9 Å². The second kappa shape index (κ2) is 5.49. The van der Waals surface area contributed by atoms with Crippen LogP contribution in [0.2, 0.25) is 5.02 Å². The van der Waals surface area contributed by atoms with Gasteiger partial charge in [-0.1, -0.05) is 27.5 Å². The number of hydrogen-bond acceptors (Lipinski definition) is 2. The minimum atomic E-state index is 0.156. The quantitative estimate of drug-likeness (QED) is 0.794. The molecule has 1 heterocycles. The Morgan fingerprint density at radius 2 is 2.28 bits per heavy atom. The average molecular weight is 333 g/mol. The van der Waals surface area contributed by atoms with Crippen molar-refractivity contribution in [2.75, 3.05) is 23.9 Å². The highest BCUT2D eigenvalue weighted by Gasteiger charge is 2.31. The Kier molecular flexibility index (Phi) is 4.17. The lowest BCUT2D eigenvalue weighted by Gasteiger charge is -2.20. The van der Waals surface area contributed by atoms with Crippen molar-refractivity contribution in [1.29, 1.82) is 0 Å². The van der Waals surface area contributed by atoms with Gasteiger partial charge in [-0.25, -0.2) is 0 Å². The first-order valence-electron chi connectivity index (χ1n) is 5.77. The number of aryl methyl sites for hydroxylation is 1. The summed E-state index contributed by atoms with van der Waals surface area (Å²) >= 11 is 9.56. The molecule has 1 aliphatic rings. The number of carbonyl (C=O) groups excluding carboxylic acids is 1. The summed E-state index contributed by atoms with van der Waals surface area (Å²) in [6, 6.07) is 3.68. The molecule has 98 valence electrons. The van der Waals surface area contributed by atoms with Gasteiger partial charge >= 0.3 is 0 Å². The Bertz CT molecular complexity index is 478. The fourth-order valence-electron chi connectivity index (χ4n) is 2.21. The summed E-state index contributed by atoms with van der Waals surface area (Å²) in [7, 11) is 1.59. The van der Waals surface area contributed by atoms with E-state index in [1.165, 1.54) is 0 Å². The smallest absolute Gasteiger partial charge is 0.227 e. The molecule has 1 aromatic carbocycles. The van der Waals surface area contributed by atoms with E-state index in [0.717, 1.165) is 23.1 Å². The molecule has 3 nitrogen and oxygen atoms in total. The molecule has 1 saturated heterocycles. The van der Waals surface area contributed by atoms with Crippen molar-refractivity contribution in [3.05, 3.63) is 22.7 Å². The van der Waals surface area contributed by atoms with Gasteiger partial charge in [0.05, 0.1) is 12.1 Å². The van der Waals surface area contributed by atoms with Gasteiger partial charge in [0.15, 0.2) is 0 Å². The molecule has 1 aromatic rings. The molecule has 0 spiro atoms. The molecule has 0 radical (unpaired) electrons. The minimum Gasteiger partial charge on any atom is -0.495 e. The number of anilines is 1. The van der Waals surface area contributed by atoms with Gasteiger partial charge in [0, 0.05) is 24.0 Å². The van der Waals surface area contributed by atoms with Crippen molar-refractivity contribution >= 4 is 39.1 Å². The van der Waals surface area contributed by atoms with E-state index in [0.29, 0.717) is 23.1 Å². The maximum atomic E-state index is 12.0. The fourth-order valence-corrected chi connectivity index (χ4v) is 2.88. The molecule has 0 bridgehead atoms. The molecular formula is C13H15BrClNO2. The summed E-state index contributed by atoms with van der Waals surface area (Å²) in [4.78, 5) is 13.8. The zero-order chi connectivity index (χ0) is 13.3. The molecule has 0 saturated carbocycles. The molecule has 1 aliphatic heterocycles. The number of carbonyl (C=O) groups is 1. The van der Waals surface area contributed by atoms with Crippen molar-refractivity contribution in [2.24, 2.45) is 5.92 Å². The number of amides is 1. The molecule has 1 amide bonds. The van der Waals surface area contributed by atoms with E-state index < -0.39 is 0 Å². The van der Waals surface area contributed by atoms with Crippen molar-refractivity contribution in [3.8, 4) is 5.75 Å². The molecule has 0 aromatic heterocycles. The first kappa shape index (κ1) is 13.7. The summed E-state index contributed by atoms with van der Waals surface area (Å²) in [6.45, 7) is 2.70. The fraction of sp³-hybridized carbons (Fsp3) is 0.462. The predicted molar refractivity (Wildman–Crippen MR) is 77.0 cm³/mol. The molecule has 18 heavy (non-hydrogen) atoms. The van der Waals surface area contributed by atoms with Gasteiger partial charge in [0.1, 0.15) is 5.75 Å². The lowest BCUT2D eigenvalue weighted by atomic mass is 10.1. The average Bonchev–Trinajstić information content (AvgIpc) is 2.73.